The van der Waals surface area contributed by atoms with Crippen molar-refractivity contribution in [2.45, 2.75) is 38.5 Å². The van der Waals surface area contributed by atoms with Gasteiger partial charge in [-0.3, -0.25) is 29.4 Å². The lowest BCUT2D eigenvalue weighted by atomic mass is 10.1. The first-order valence-corrected chi connectivity index (χ1v) is 35.8. The average Bonchev–Trinajstić information content (AvgIpc) is 1.27. The van der Waals surface area contributed by atoms with Gasteiger partial charge in [-0.25, -0.2) is 19.7 Å². The minimum Gasteiger partial charge on any atom is -0.497 e. The van der Waals surface area contributed by atoms with Crippen molar-refractivity contribution in [3.05, 3.63) is 165 Å². The Morgan fingerprint density at radius 1 is 0.485 bits per heavy atom. The van der Waals surface area contributed by atoms with E-state index >= 15 is 0 Å². The Balaban J connectivity index is 0.000000138. The van der Waals surface area contributed by atoms with Gasteiger partial charge in [-0.15, -0.1) is 0 Å². The molecule has 0 radical (unpaired) electrons. The van der Waals surface area contributed by atoms with E-state index in [0.717, 1.165) is 156 Å². The molecule has 0 spiro atoms. The van der Waals surface area contributed by atoms with E-state index in [4.69, 9.17) is 43.4 Å². The fraction of sp³-hybridized carbons (Fsp3) is 0.329. The minimum absolute atomic E-state index is 0.166. The largest absolute Gasteiger partial charge is 0.497 e. The molecule has 15 rings (SSSR count). The Labute approximate surface area is 599 Å². The number of nitrogens with zero attached hydrogens (tertiary/aromatic N) is 16. The fourth-order valence-electron chi connectivity index (χ4n) is 12.1. The molecule has 0 unspecified atom stereocenters. The van der Waals surface area contributed by atoms with Gasteiger partial charge in [0.05, 0.1) is 130 Å². The molecular formula is C76H86N18O8S. The SMILES string of the molecule is COc1cc(OC)cc(N(CCN2CCCC2)c2ccc3ncc(-c4cn[nH]c4)nc3c2)c1.COc1cc(OC)cc(N(CCNS(=O)(=O)N(C)C)c2ccc3ncc(-c4cnn(C)c4)nc3c2)c1.COc1cc(OCC2CC2)cc(N(CC2CC2)c2ccc3ncc(-c4cnn(C)c4)nc3c2)c1. The summed E-state index contributed by atoms with van der Waals surface area (Å²) < 4.78 is 65.5. The molecule has 1 saturated heterocycles. The molecule has 12 aromatic rings. The highest BCUT2D eigenvalue weighted by Crippen LogP contribution is 2.41. The summed E-state index contributed by atoms with van der Waals surface area (Å²) in [5.41, 5.74) is 15.8. The number of hydrogen-bond acceptors (Lipinski definition) is 21. The van der Waals surface area contributed by atoms with E-state index in [9.17, 15) is 8.42 Å². The molecule has 6 aromatic heterocycles. The lowest BCUT2D eigenvalue weighted by Gasteiger charge is -2.28. The Morgan fingerprint density at radius 3 is 1.33 bits per heavy atom. The van der Waals surface area contributed by atoms with Crippen LogP contribution in [-0.4, -0.2) is 179 Å². The molecule has 1 aliphatic heterocycles. The molecule has 0 amide bonds. The van der Waals surface area contributed by atoms with Crippen molar-refractivity contribution in [1.82, 2.24) is 73.6 Å². The number of methoxy groups -OCH3 is 5. The van der Waals surface area contributed by atoms with E-state index < -0.39 is 10.2 Å². The van der Waals surface area contributed by atoms with Gasteiger partial charge in [-0.05, 0) is 118 Å². The predicted octanol–water partition coefficient (Wildman–Crippen LogP) is 12.2. The zero-order chi connectivity index (χ0) is 71.6. The van der Waals surface area contributed by atoms with E-state index in [1.54, 1.807) is 75.8 Å². The summed E-state index contributed by atoms with van der Waals surface area (Å²) in [5.74, 6) is 5.82. The van der Waals surface area contributed by atoms with Crippen molar-refractivity contribution in [3.8, 4) is 68.3 Å². The second kappa shape index (κ2) is 31.9. The van der Waals surface area contributed by atoms with Crippen molar-refractivity contribution < 1.29 is 36.8 Å². The molecule has 534 valence electrons. The number of H-pyrrole nitrogens is 1. The molecule has 2 saturated carbocycles. The highest BCUT2D eigenvalue weighted by molar-refractivity contribution is 7.87. The Kier molecular flexibility index (Phi) is 21.8. The standard InChI is InChI=1S/C27H29N5O2.C25H28N6O2.C24H29N7O4S/c1-31-16-20(13-29-31)27-14-28-25-8-7-21(11-26(25)30-27)32(15-18-3-4-18)22-9-23(33-2)12-24(10-22)34-17-19-5-6-19;1-32-21-11-20(12-22(14-21)33-2)31(10-9-30-7-3-4-8-30)19-5-6-23-24(13-19)29-25(17-26-23)18-15-27-28-16-18;1-29(2)36(32,33)27-8-9-31(19-10-20(34-4)13-21(11-19)35-5)18-6-7-22-23(12-18)28-24(15-25-22)17-14-26-30(3)16-17/h7-14,16,18-19H,3-6,15,17H2,1-2H3;5-6,11-17H,3-4,7-10H2,1-2H3,(H,27,28);6-7,10-16,27H,8-9H2,1-5H3. The van der Waals surface area contributed by atoms with Crippen molar-refractivity contribution in [3.63, 3.8) is 0 Å². The molecule has 27 heteroatoms. The van der Waals surface area contributed by atoms with Crippen LogP contribution in [-0.2, 0) is 24.3 Å². The average molecular weight is 1410 g/mol. The smallest absolute Gasteiger partial charge is 0.278 e. The molecule has 2 N–H and O–H groups in total. The van der Waals surface area contributed by atoms with Gasteiger partial charge in [0, 0.05) is 185 Å². The van der Waals surface area contributed by atoms with E-state index in [1.807, 2.05) is 111 Å². The topological polar surface area (TPSA) is 259 Å². The number of benzene rings is 6. The molecule has 0 bridgehead atoms. The fourth-order valence-corrected chi connectivity index (χ4v) is 12.7. The second-order valence-electron chi connectivity index (χ2n) is 25.9. The van der Waals surface area contributed by atoms with Crippen LogP contribution in [0.15, 0.2) is 165 Å². The summed E-state index contributed by atoms with van der Waals surface area (Å²) in [6.07, 6.45) is 23.9. The summed E-state index contributed by atoms with van der Waals surface area (Å²) in [6.45, 7) is 6.38. The van der Waals surface area contributed by atoms with Gasteiger partial charge in [-0.1, -0.05) is 0 Å². The normalized spacial score (nSPS) is 13.7. The van der Waals surface area contributed by atoms with Crippen LogP contribution in [0.5, 0.6) is 34.5 Å². The van der Waals surface area contributed by atoms with Gasteiger partial charge < -0.3 is 48.0 Å². The zero-order valence-corrected chi connectivity index (χ0v) is 60.3. The number of aromatic nitrogens is 12. The number of ether oxygens (including phenoxy) is 6. The predicted molar refractivity (Wildman–Crippen MR) is 401 cm³/mol. The maximum absolute atomic E-state index is 12.3. The van der Waals surface area contributed by atoms with Gasteiger partial charge >= 0.3 is 0 Å². The van der Waals surface area contributed by atoms with E-state index in [2.05, 4.69) is 97.2 Å². The van der Waals surface area contributed by atoms with Gasteiger partial charge in [-0.2, -0.15) is 28.0 Å². The Morgan fingerprint density at radius 2 is 0.913 bits per heavy atom. The van der Waals surface area contributed by atoms with Crippen molar-refractivity contribution >= 4 is 77.4 Å². The van der Waals surface area contributed by atoms with Crippen LogP contribution in [0.1, 0.15) is 38.5 Å². The zero-order valence-electron chi connectivity index (χ0n) is 59.5. The second-order valence-corrected chi connectivity index (χ2v) is 27.9. The van der Waals surface area contributed by atoms with Gasteiger partial charge in [0.2, 0.25) is 0 Å². The first-order chi connectivity index (χ1) is 50.1. The molecule has 0 atom stereocenters. The van der Waals surface area contributed by atoms with Crippen LogP contribution in [0.3, 0.4) is 0 Å². The highest BCUT2D eigenvalue weighted by Gasteiger charge is 2.28. The van der Waals surface area contributed by atoms with Crippen molar-refractivity contribution in [1.29, 1.82) is 0 Å². The third kappa shape index (κ3) is 17.7. The van der Waals surface area contributed by atoms with E-state index in [0.29, 0.717) is 41.1 Å². The van der Waals surface area contributed by atoms with Crippen molar-refractivity contribution in [2.24, 2.45) is 25.9 Å². The molecule has 2 aliphatic carbocycles. The maximum Gasteiger partial charge on any atom is 0.278 e. The summed E-state index contributed by atoms with van der Waals surface area (Å²) >= 11 is 0. The number of nitrogens with one attached hydrogen (secondary N) is 2. The first kappa shape index (κ1) is 70.4. The lowest BCUT2D eigenvalue weighted by Crippen LogP contribution is -2.39. The minimum atomic E-state index is -3.58. The summed E-state index contributed by atoms with van der Waals surface area (Å²) in [7, 11) is 11.4. The Hall–Kier alpha value is -11.0. The summed E-state index contributed by atoms with van der Waals surface area (Å²) in [6, 6.07) is 36.0. The molecule has 26 nitrogen and oxygen atoms in total. The van der Waals surface area contributed by atoms with Crippen LogP contribution in [0.25, 0.3) is 66.9 Å². The van der Waals surface area contributed by atoms with Crippen LogP contribution >= 0.6 is 0 Å². The molecular weight excluding hydrogens is 1330 g/mol. The first-order valence-electron chi connectivity index (χ1n) is 34.4. The van der Waals surface area contributed by atoms with E-state index in [-0.39, 0.29) is 6.54 Å². The Bertz CT molecular complexity index is 4960. The van der Waals surface area contributed by atoms with E-state index in [1.165, 1.54) is 52.6 Å². The number of likely N-dealkylation sites (tertiary alicyclic amines) is 1. The number of hydrogen-bond donors (Lipinski definition) is 2. The molecule has 6 aromatic carbocycles. The monoisotopic (exact) mass is 1410 g/mol. The van der Waals surface area contributed by atoms with Gasteiger partial charge in [0.15, 0.2) is 0 Å². The van der Waals surface area contributed by atoms with Crippen LogP contribution < -0.4 is 47.8 Å². The number of aromatic amines is 1. The number of anilines is 6. The quantitative estimate of drug-likeness (QED) is 0.0485. The number of rotatable bonds is 27. The van der Waals surface area contributed by atoms with Gasteiger partial charge in [0.25, 0.3) is 10.2 Å². The third-order valence-corrected chi connectivity index (χ3v) is 19.8. The van der Waals surface area contributed by atoms with Crippen LogP contribution in [0.4, 0.5) is 34.1 Å². The molecule has 103 heavy (non-hydrogen) atoms. The number of aryl methyl sites for hydroxylation is 2. The number of fused-ring (bicyclic) bond motifs is 3. The van der Waals surface area contributed by atoms with Crippen LogP contribution in [0.2, 0.25) is 0 Å². The molecule has 3 aliphatic rings. The summed E-state index contributed by atoms with van der Waals surface area (Å²) in [5, 5.41) is 15.4. The maximum atomic E-state index is 12.3. The van der Waals surface area contributed by atoms with Gasteiger partial charge in [0.1, 0.15) is 34.5 Å². The lowest BCUT2D eigenvalue weighted by molar-refractivity contribution is 0.297. The highest BCUT2D eigenvalue weighted by atomic mass is 32.2. The molecule has 3 fully saturated rings. The van der Waals surface area contributed by atoms with Crippen LogP contribution in [0, 0.1) is 11.8 Å². The van der Waals surface area contributed by atoms with Crippen molar-refractivity contribution in [2.75, 3.05) is 117 Å². The third-order valence-electron chi connectivity index (χ3n) is 18.3. The molecule has 7 heterocycles. The summed E-state index contributed by atoms with van der Waals surface area (Å²) in [4.78, 5) is 37.5.